The third-order valence-electron chi connectivity index (χ3n) is 3.10. The van der Waals surface area contributed by atoms with Gasteiger partial charge >= 0.3 is 0 Å². The molecular formula is C13H19N3O4S. The summed E-state index contributed by atoms with van der Waals surface area (Å²) in [7, 11) is -2.16. The number of rotatable bonds is 7. The van der Waals surface area contributed by atoms with Crippen LogP contribution in [-0.2, 0) is 19.6 Å². The maximum atomic E-state index is 12.1. The minimum absolute atomic E-state index is 0.0309. The Kier molecular flexibility index (Phi) is 4.94. The number of sulfonamides is 1. The van der Waals surface area contributed by atoms with Crippen LogP contribution in [0.4, 0.5) is 5.69 Å². The summed E-state index contributed by atoms with van der Waals surface area (Å²) in [4.78, 5) is 12.0. The van der Waals surface area contributed by atoms with Crippen molar-refractivity contribution in [2.75, 3.05) is 19.0 Å². The van der Waals surface area contributed by atoms with Gasteiger partial charge in [0, 0.05) is 25.4 Å². The van der Waals surface area contributed by atoms with Crippen LogP contribution in [-0.4, -0.2) is 40.1 Å². The van der Waals surface area contributed by atoms with Gasteiger partial charge in [0.1, 0.15) is 6.10 Å². The highest BCUT2D eigenvalue weighted by atomic mass is 32.2. The van der Waals surface area contributed by atoms with E-state index in [0.29, 0.717) is 5.69 Å². The Morgan fingerprint density at radius 1 is 1.48 bits per heavy atom. The highest BCUT2D eigenvalue weighted by Gasteiger charge is 2.28. The van der Waals surface area contributed by atoms with Gasteiger partial charge in [-0.15, -0.1) is 0 Å². The van der Waals surface area contributed by atoms with Gasteiger partial charge in [0.15, 0.2) is 0 Å². The zero-order chi connectivity index (χ0) is 15.5. The molecule has 0 radical (unpaired) electrons. The molecule has 1 atom stereocenters. The minimum atomic E-state index is -3.54. The molecule has 1 aliphatic carbocycles. The van der Waals surface area contributed by atoms with Crippen molar-refractivity contribution in [1.29, 1.82) is 0 Å². The lowest BCUT2D eigenvalue weighted by molar-refractivity contribution is -0.125. The van der Waals surface area contributed by atoms with Gasteiger partial charge in [0.25, 0.3) is 5.91 Å². The van der Waals surface area contributed by atoms with Crippen molar-refractivity contribution in [2.24, 2.45) is 5.73 Å². The van der Waals surface area contributed by atoms with E-state index in [4.69, 9.17) is 10.5 Å². The molecule has 7 nitrogen and oxygen atoms in total. The number of carbonyl (C=O) groups is 1. The number of ether oxygens (including phenoxy) is 1. The van der Waals surface area contributed by atoms with E-state index in [1.165, 1.54) is 19.2 Å². The molecular weight excluding hydrogens is 294 g/mol. The van der Waals surface area contributed by atoms with Gasteiger partial charge in [0.05, 0.1) is 4.90 Å². The van der Waals surface area contributed by atoms with Crippen molar-refractivity contribution in [1.82, 2.24) is 4.72 Å². The van der Waals surface area contributed by atoms with Crippen molar-refractivity contribution in [3.8, 4) is 0 Å². The van der Waals surface area contributed by atoms with E-state index in [1.54, 1.807) is 12.1 Å². The second-order valence-corrected chi connectivity index (χ2v) is 6.59. The highest BCUT2D eigenvalue weighted by Crippen LogP contribution is 2.23. The fourth-order valence-corrected chi connectivity index (χ4v) is 3.11. The molecule has 1 aromatic carbocycles. The third kappa shape index (κ3) is 4.24. The molecule has 0 aliphatic heterocycles. The smallest absolute Gasteiger partial charge is 0.254 e. The van der Waals surface area contributed by atoms with Crippen LogP contribution in [0.1, 0.15) is 12.8 Å². The molecule has 0 aromatic heterocycles. The molecule has 1 aromatic rings. The molecule has 2 rings (SSSR count). The number of benzene rings is 1. The van der Waals surface area contributed by atoms with Crippen molar-refractivity contribution in [3.05, 3.63) is 24.3 Å². The summed E-state index contributed by atoms with van der Waals surface area (Å²) in [5, 5.41) is 2.59. The molecule has 1 unspecified atom stereocenters. The number of nitrogens with one attached hydrogen (secondary N) is 2. The zero-order valence-corrected chi connectivity index (χ0v) is 12.5. The van der Waals surface area contributed by atoms with Gasteiger partial charge in [-0.05, 0) is 31.0 Å². The number of methoxy groups -OCH3 is 1. The largest absolute Gasteiger partial charge is 0.370 e. The normalized spacial score (nSPS) is 16.5. The number of hydrogen-bond acceptors (Lipinski definition) is 5. The summed E-state index contributed by atoms with van der Waals surface area (Å²) in [6, 6.07) is 6.10. The van der Waals surface area contributed by atoms with E-state index in [1.807, 2.05) is 0 Å². The lowest BCUT2D eigenvalue weighted by Gasteiger charge is -2.13. The fraction of sp³-hybridized carbons (Fsp3) is 0.462. The molecule has 0 bridgehead atoms. The van der Waals surface area contributed by atoms with E-state index in [-0.39, 0.29) is 17.5 Å². The molecule has 0 spiro atoms. The topological polar surface area (TPSA) is 111 Å². The molecule has 116 valence electrons. The Labute approximate surface area is 123 Å². The van der Waals surface area contributed by atoms with Gasteiger partial charge in [-0.2, -0.15) is 0 Å². The second kappa shape index (κ2) is 6.52. The fourth-order valence-electron chi connectivity index (χ4n) is 1.76. The summed E-state index contributed by atoms with van der Waals surface area (Å²) in [6.45, 7) is 0.0452. The summed E-state index contributed by atoms with van der Waals surface area (Å²) in [5.74, 6) is -0.412. The Morgan fingerprint density at radius 2 is 2.19 bits per heavy atom. The van der Waals surface area contributed by atoms with Gasteiger partial charge in [0.2, 0.25) is 10.0 Å². The van der Waals surface area contributed by atoms with Crippen LogP contribution < -0.4 is 15.8 Å². The van der Waals surface area contributed by atoms with Crippen LogP contribution >= 0.6 is 0 Å². The van der Waals surface area contributed by atoms with Crippen molar-refractivity contribution >= 4 is 21.6 Å². The molecule has 8 heteroatoms. The summed E-state index contributed by atoms with van der Waals surface area (Å²) in [6.07, 6.45) is 0.957. The van der Waals surface area contributed by atoms with E-state index < -0.39 is 22.0 Å². The minimum Gasteiger partial charge on any atom is -0.370 e. The van der Waals surface area contributed by atoms with Crippen molar-refractivity contribution < 1.29 is 17.9 Å². The highest BCUT2D eigenvalue weighted by molar-refractivity contribution is 7.89. The first-order valence-corrected chi connectivity index (χ1v) is 8.10. The second-order valence-electron chi connectivity index (χ2n) is 4.87. The first-order chi connectivity index (χ1) is 9.96. The number of carbonyl (C=O) groups excluding carboxylic acids is 1. The van der Waals surface area contributed by atoms with Crippen molar-refractivity contribution in [3.63, 3.8) is 0 Å². The van der Waals surface area contributed by atoms with Crippen LogP contribution in [0.2, 0.25) is 0 Å². The zero-order valence-electron chi connectivity index (χ0n) is 11.7. The average molecular weight is 313 g/mol. The maximum absolute atomic E-state index is 12.1. The maximum Gasteiger partial charge on any atom is 0.254 e. The van der Waals surface area contributed by atoms with Gasteiger partial charge < -0.3 is 15.8 Å². The van der Waals surface area contributed by atoms with E-state index in [2.05, 4.69) is 10.0 Å². The summed E-state index contributed by atoms with van der Waals surface area (Å²) < 4.78 is 31.7. The van der Waals surface area contributed by atoms with Crippen LogP contribution in [0, 0.1) is 0 Å². The lowest BCUT2D eigenvalue weighted by atomic mass is 10.3. The Hall–Kier alpha value is -1.48. The molecule has 4 N–H and O–H groups in total. The van der Waals surface area contributed by atoms with E-state index >= 15 is 0 Å². The average Bonchev–Trinajstić information content (AvgIpc) is 3.23. The standard InChI is InChI=1S/C13H19N3O4S/c1-20-12(8-14)13(17)15-10-3-2-4-11(7-10)21(18,19)16-9-5-6-9/h2-4,7,9,12,16H,5-6,8,14H2,1H3,(H,15,17). The number of amides is 1. The van der Waals surface area contributed by atoms with Crippen LogP contribution in [0.5, 0.6) is 0 Å². The molecule has 1 saturated carbocycles. The van der Waals surface area contributed by atoms with Gasteiger partial charge in [-0.3, -0.25) is 4.79 Å². The van der Waals surface area contributed by atoms with E-state index in [0.717, 1.165) is 12.8 Å². The lowest BCUT2D eigenvalue weighted by Crippen LogP contribution is -2.36. The Morgan fingerprint density at radius 3 is 2.76 bits per heavy atom. The number of anilines is 1. The molecule has 1 fully saturated rings. The first-order valence-electron chi connectivity index (χ1n) is 6.62. The molecule has 1 aliphatic rings. The predicted octanol–water partition coefficient (Wildman–Crippen LogP) is 0.0395. The number of hydrogen-bond donors (Lipinski definition) is 3. The predicted molar refractivity (Wildman–Crippen MR) is 78.3 cm³/mol. The van der Waals surface area contributed by atoms with Crippen LogP contribution in [0.3, 0.4) is 0 Å². The van der Waals surface area contributed by atoms with E-state index in [9.17, 15) is 13.2 Å². The SMILES string of the molecule is COC(CN)C(=O)Nc1cccc(S(=O)(=O)NC2CC2)c1. The monoisotopic (exact) mass is 313 g/mol. The number of nitrogens with two attached hydrogens (primary N) is 1. The van der Waals surface area contributed by atoms with Gasteiger partial charge in [-0.25, -0.2) is 13.1 Å². The quantitative estimate of drug-likeness (QED) is 0.658. The molecule has 21 heavy (non-hydrogen) atoms. The summed E-state index contributed by atoms with van der Waals surface area (Å²) >= 11 is 0. The molecule has 1 amide bonds. The van der Waals surface area contributed by atoms with Gasteiger partial charge in [-0.1, -0.05) is 6.07 Å². The first kappa shape index (κ1) is 15.9. The van der Waals surface area contributed by atoms with Crippen LogP contribution in [0.25, 0.3) is 0 Å². The Balaban J connectivity index is 2.12. The molecule has 0 saturated heterocycles. The van der Waals surface area contributed by atoms with Crippen LogP contribution in [0.15, 0.2) is 29.2 Å². The third-order valence-corrected chi connectivity index (χ3v) is 4.62. The molecule has 0 heterocycles. The van der Waals surface area contributed by atoms with Crippen molar-refractivity contribution in [2.45, 2.75) is 29.9 Å². The summed E-state index contributed by atoms with van der Waals surface area (Å²) in [5.41, 5.74) is 5.79. The Bertz CT molecular complexity index is 610.